The number of nitro groups is 1. The number of nitro benzene ring substituents is 1. The van der Waals surface area contributed by atoms with E-state index in [0.717, 1.165) is 38.2 Å². The number of likely N-dealkylation sites (tertiary alicyclic amines) is 1. The molecule has 1 saturated heterocycles. The SMILES string of the molecule is O=C(NCC1CCN(Cc2ccco2)CC1)c1ccc([N+](=O)[O-])cc1. The van der Waals surface area contributed by atoms with Crippen LogP contribution in [0, 0.1) is 16.0 Å². The fourth-order valence-electron chi connectivity index (χ4n) is 3.05. The van der Waals surface area contributed by atoms with Crippen molar-refractivity contribution in [3.05, 3.63) is 64.1 Å². The van der Waals surface area contributed by atoms with Crippen molar-refractivity contribution in [3.63, 3.8) is 0 Å². The number of furan rings is 1. The first-order chi connectivity index (χ1) is 12.1. The van der Waals surface area contributed by atoms with Crippen LogP contribution in [0.2, 0.25) is 0 Å². The monoisotopic (exact) mass is 343 g/mol. The van der Waals surface area contributed by atoms with Crippen molar-refractivity contribution in [2.45, 2.75) is 19.4 Å². The summed E-state index contributed by atoms with van der Waals surface area (Å²) in [5.41, 5.74) is 0.432. The fourth-order valence-corrected chi connectivity index (χ4v) is 3.05. The summed E-state index contributed by atoms with van der Waals surface area (Å²) in [5, 5.41) is 13.6. The quantitative estimate of drug-likeness (QED) is 0.643. The molecule has 25 heavy (non-hydrogen) atoms. The summed E-state index contributed by atoms with van der Waals surface area (Å²) in [5.74, 6) is 1.24. The van der Waals surface area contributed by atoms with Gasteiger partial charge in [-0.05, 0) is 56.1 Å². The lowest BCUT2D eigenvalue weighted by molar-refractivity contribution is -0.384. The zero-order chi connectivity index (χ0) is 17.6. The molecule has 0 bridgehead atoms. The van der Waals surface area contributed by atoms with Crippen LogP contribution in [-0.4, -0.2) is 35.4 Å². The van der Waals surface area contributed by atoms with E-state index in [1.807, 2.05) is 12.1 Å². The van der Waals surface area contributed by atoms with Gasteiger partial charge in [-0.2, -0.15) is 0 Å². The number of piperidine rings is 1. The third kappa shape index (κ3) is 4.67. The first-order valence-corrected chi connectivity index (χ1v) is 8.39. The maximum Gasteiger partial charge on any atom is 0.269 e. The molecular formula is C18H21N3O4. The van der Waals surface area contributed by atoms with E-state index in [1.54, 1.807) is 6.26 Å². The third-order valence-electron chi connectivity index (χ3n) is 4.56. The lowest BCUT2D eigenvalue weighted by Gasteiger charge is -2.31. The average molecular weight is 343 g/mol. The van der Waals surface area contributed by atoms with Gasteiger partial charge in [-0.25, -0.2) is 0 Å². The summed E-state index contributed by atoms with van der Waals surface area (Å²) < 4.78 is 5.37. The molecular weight excluding hydrogens is 322 g/mol. The highest BCUT2D eigenvalue weighted by atomic mass is 16.6. The summed E-state index contributed by atoms with van der Waals surface area (Å²) >= 11 is 0. The minimum absolute atomic E-state index is 0.0134. The highest BCUT2D eigenvalue weighted by molar-refractivity contribution is 5.94. The second kappa shape index (κ2) is 7.94. The molecule has 7 heteroatoms. The van der Waals surface area contributed by atoms with E-state index >= 15 is 0 Å². The molecule has 1 aromatic carbocycles. The van der Waals surface area contributed by atoms with E-state index in [1.165, 1.54) is 24.3 Å². The molecule has 0 radical (unpaired) electrons. The van der Waals surface area contributed by atoms with Gasteiger partial charge in [0, 0.05) is 24.2 Å². The average Bonchev–Trinajstić information content (AvgIpc) is 3.14. The van der Waals surface area contributed by atoms with Crippen LogP contribution < -0.4 is 5.32 Å². The van der Waals surface area contributed by atoms with Gasteiger partial charge < -0.3 is 9.73 Å². The summed E-state index contributed by atoms with van der Waals surface area (Å²) in [6.07, 6.45) is 3.75. The Morgan fingerprint density at radius 3 is 2.56 bits per heavy atom. The molecule has 1 aliphatic rings. The van der Waals surface area contributed by atoms with Gasteiger partial charge in [-0.1, -0.05) is 0 Å². The van der Waals surface area contributed by atoms with Crippen LogP contribution in [0.5, 0.6) is 0 Å². The Hall–Kier alpha value is -2.67. The largest absolute Gasteiger partial charge is 0.468 e. The number of hydrogen-bond acceptors (Lipinski definition) is 5. The Morgan fingerprint density at radius 1 is 1.24 bits per heavy atom. The van der Waals surface area contributed by atoms with Crippen LogP contribution in [0.15, 0.2) is 47.1 Å². The summed E-state index contributed by atoms with van der Waals surface area (Å²) in [6, 6.07) is 9.55. The van der Waals surface area contributed by atoms with Crippen LogP contribution in [0.1, 0.15) is 29.0 Å². The number of nitrogens with zero attached hydrogens (tertiary/aromatic N) is 2. The smallest absolute Gasteiger partial charge is 0.269 e. The zero-order valence-corrected chi connectivity index (χ0v) is 13.9. The van der Waals surface area contributed by atoms with Crippen molar-refractivity contribution in [3.8, 4) is 0 Å². The van der Waals surface area contributed by atoms with Crippen LogP contribution in [-0.2, 0) is 6.54 Å². The molecule has 2 aromatic rings. The van der Waals surface area contributed by atoms with Gasteiger partial charge in [0.15, 0.2) is 0 Å². The van der Waals surface area contributed by atoms with Gasteiger partial charge in [-0.15, -0.1) is 0 Å². The molecule has 2 heterocycles. The number of nitrogens with one attached hydrogen (secondary N) is 1. The minimum atomic E-state index is -0.474. The zero-order valence-electron chi connectivity index (χ0n) is 13.9. The molecule has 0 unspecified atom stereocenters. The molecule has 1 fully saturated rings. The number of amides is 1. The van der Waals surface area contributed by atoms with E-state index in [2.05, 4.69) is 10.2 Å². The molecule has 1 aromatic heterocycles. The topological polar surface area (TPSA) is 88.6 Å². The Kier molecular flexibility index (Phi) is 5.45. The summed E-state index contributed by atoms with van der Waals surface area (Å²) in [4.78, 5) is 24.7. The van der Waals surface area contributed by atoms with Gasteiger partial charge in [0.05, 0.1) is 17.7 Å². The third-order valence-corrected chi connectivity index (χ3v) is 4.56. The van der Waals surface area contributed by atoms with E-state index in [-0.39, 0.29) is 11.6 Å². The van der Waals surface area contributed by atoms with Gasteiger partial charge in [-0.3, -0.25) is 19.8 Å². The van der Waals surface area contributed by atoms with Gasteiger partial charge in [0.1, 0.15) is 5.76 Å². The fraction of sp³-hybridized carbons (Fsp3) is 0.389. The minimum Gasteiger partial charge on any atom is -0.468 e. The number of rotatable bonds is 6. The molecule has 132 valence electrons. The first kappa shape index (κ1) is 17.2. The molecule has 7 nitrogen and oxygen atoms in total. The maximum atomic E-state index is 12.1. The lowest BCUT2D eigenvalue weighted by atomic mass is 9.96. The Bertz CT molecular complexity index is 704. The molecule has 1 amide bonds. The van der Waals surface area contributed by atoms with Crippen molar-refractivity contribution in [1.82, 2.24) is 10.2 Å². The number of carbonyl (C=O) groups is 1. The number of non-ortho nitro benzene ring substituents is 1. The Morgan fingerprint density at radius 2 is 1.96 bits per heavy atom. The van der Waals surface area contributed by atoms with E-state index in [9.17, 15) is 14.9 Å². The number of benzene rings is 1. The molecule has 1 aliphatic heterocycles. The Balaban J connectivity index is 1.41. The highest BCUT2D eigenvalue weighted by Gasteiger charge is 2.20. The van der Waals surface area contributed by atoms with Gasteiger partial charge >= 0.3 is 0 Å². The van der Waals surface area contributed by atoms with Crippen molar-refractivity contribution in [2.75, 3.05) is 19.6 Å². The van der Waals surface area contributed by atoms with Crippen molar-refractivity contribution >= 4 is 11.6 Å². The van der Waals surface area contributed by atoms with Crippen LogP contribution in [0.25, 0.3) is 0 Å². The lowest BCUT2D eigenvalue weighted by Crippen LogP contribution is -2.38. The van der Waals surface area contributed by atoms with E-state index in [4.69, 9.17) is 4.42 Å². The molecule has 1 N–H and O–H groups in total. The van der Waals surface area contributed by atoms with E-state index < -0.39 is 4.92 Å². The van der Waals surface area contributed by atoms with Gasteiger partial charge in [0.25, 0.3) is 11.6 Å². The van der Waals surface area contributed by atoms with Crippen molar-refractivity contribution < 1.29 is 14.1 Å². The Labute approximate surface area is 145 Å². The molecule has 0 aliphatic carbocycles. The second-order valence-corrected chi connectivity index (χ2v) is 6.31. The predicted molar refractivity (Wildman–Crippen MR) is 92.1 cm³/mol. The number of carbonyl (C=O) groups excluding carboxylic acids is 1. The molecule has 0 spiro atoms. The molecule has 3 rings (SSSR count). The van der Waals surface area contributed by atoms with Crippen molar-refractivity contribution in [1.29, 1.82) is 0 Å². The summed E-state index contributed by atoms with van der Waals surface area (Å²) in [7, 11) is 0. The number of hydrogen-bond donors (Lipinski definition) is 1. The second-order valence-electron chi connectivity index (χ2n) is 6.31. The summed E-state index contributed by atoms with van der Waals surface area (Å²) in [6.45, 7) is 3.43. The van der Waals surface area contributed by atoms with Gasteiger partial charge in [0.2, 0.25) is 0 Å². The van der Waals surface area contributed by atoms with Crippen LogP contribution >= 0.6 is 0 Å². The first-order valence-electron chi connectivity index (χ1n) is 8.39. The predicted octanol–water partition coefficient (Wildman–Crippen LogP) is 2.83. The normalized spacial score (nSPS) is 15.8. The van der Waals surface area contributed by atoms with Crippen molar-refractivity contribution in [2.24, 2.45) is 5.92 Å². The molecule has 0 atom stereocenters. The van der Waals surface area contributed by atoms with Crippen LogP contribution in [0.4, 0.5) is 5.69 Å². The van der Waals surface area contributed by atoms with E-state index in [0.29, 0.717) is 18.0 Å². The standard InChI is InChI=1S/C18H21N3O4/c22-18(15-3-5-16(6-4-15)21(23)24)19-12-14-7-9-20(10-8-14)13-17-2-1-11-25-17/h1-6,11,14H,7-10,12-13H2,(H,19,22). The highest BCUT2D eigenvalue weighted by Crippen LogP contribution is 2.19. The van der Waals surface area contributed by atoms with Crippen LogP contribution in [0.3, 0.4) is 0 Å². The molecule has 0 saturated carbocycles. The maximum absolute atomic E-state index is 12.1.